The molecule has 0 amide bonds. The maximum absolute atomic E-state index is 13.1. The standard InChI is InChI=1S/C27H24O6/c1-2-31-27(30)20-15-21(28)24-22(32-16-18-9-5-3-6-10-18)13-14-23(25(24)26(20)29)33-17-19-11-7-4-8-12-19/h3-15,26,29H,2,16-17H2,1H3. The maximum Gasteiger partial charge on any atom is 0.337 e. The Morgan fingerprint density at radius 1 is 0.848 bits per heavy atom. The lowest BCUT2D eigenvalue weighted by molar-refractivity contribution is -0.139. The average molecular weight is 444 g/mol. The lowest BCUT2D eigenvalue weighted by Gasteiger charge is -2.25. The molecule has 3 aromatic rings. The molecule has 1 aliphatic carbocycles. The second kappa shape index (κ2) is 10.1. The molecule has 0 saturated heterocycles. The van der Waals surface area contributed by atoms with E-state index in [1.807, 2.05) is 60.7 Å². The van der Waals surface area contributed by atoms with Crippen molar-refractivity contribution in [2.45, 2.75) is 26.2 Å². The van der Waals surface area contributed by atoms with Crippen molar-refractivity contribution in [2.75, 3.05) is 6.61 Å². The second-order valence-electron chi connectivity index (χ2n) is 7.49. The number of esters is 1. The van der Waals surface area contributed by atoms with E-state index >= 15 is 0 Å². The SMILES string of the molecule is CCOC(=O)C1=CC(=O)c2c(OCc3ccccc3)ccc(OCc3ccccc3)c2C1O. The van der Waals surface area contributed by atoms with Crippen LogP contribution in [0.1, 0.15) is 40.1 Å². The van der Waals surface area contributed by atoms with Gasteiger partial charge in [0.2, 0.25) is 0 Å². The molecule has 6 nitrogen and oxygen atoms in total. The third-order valence-electron chi connectivity index (χ3n) is 5.25. The molecule has 3 aromatic carbocycles. The smallest absolute Gasteiger partial charge is 0.337 e. The Balaban J connectivity index is 1.70. The van der Waals surface area contributed by atoms with Crippen molar-refractivity contribution in [3.05, 3.63) is 107 Å². The predicted molar refractivity (Wildman–Crippen MR) is 122 cm³/mol. The summed E-state index contributed by atoms with van der Waals surface area (Å²) in [4.78, 5) is 25.5. The van der Waals surface area contributed by atoms with E-state index in [9.17, 15) is 14.7 Å². The van der Waals surface area contributed by atoms with Crippen molar-refractivity contribution < 1.29 is 28.9 Å². The Morgan fingerprint density at radius 3 is 1.97 bits per heavy atom. The number of fused-ring (bicyclic) bond motifs is 1. The molecule has 33 heavy (non-hydrogen) atoms. The number of aliphatic hydroxyl groups excluding tert-OH is 1. The summed E-state index contributed by atoms with van der Waals surface area (Å²) >= 11 is 0. The molecule has 168 valence electrons. The molecule has 0 bridgehead atoms. The lowest BCUT2D eigenvalue weighted by atomic mass is 9.86. The van der Waals surface area contributed by atoms with Gasteiger partial charge in [-0.05, 0) is 36.3 Å². The first-order valence-electron chi connectivity index (χ1n) is 10.7. The molecule has 1 atom stereocenters. The number of rotatable bonds is 8. The van der Waals surface area contributed by atoms with Gasteiger partial charge in [0.25, 0.3) is 0 Å². The number of ketones is 1. The maximum atomic E-state index is 13.1. The first-order chi connectivity index (χ1) is 16.1. The van der Waals surface area contributed by atoms with E-state index in [1.54, 1.807) is 19.1 Å². The van der Waals surface area contributed by atoms with Gasteiger partial charge < -0.3 is 19.3 Å². The van der Waals surface area contributed by atoms with E-state index in [2.05, 4.69) is 0 Å². The summed E-state index contributed by atoms with van der Waals surface area (Å²) in [6.45, 7) is 2.26. The van der Waals surface area contributed by atoms with E-state index in [-0.39, 0.29) is 36.5 Å². The van der Waals surface area contributed by atoms with E-state index < -0.39 is 17.9 Å². The van der Waals surface area contributed by atoms with Crippen LogP contribution in [-0.2, 0) is 22.7 Å². The summed E-state index contributed by atoms with van der Waals surface area (Å²) in [6.07, 6.45) is -0.274. The zero-order valence-electron chi connectivity index (χ0n) is 18.2. The molecule has 1 unspecified atom stereocenters. The summed E-state index contributed by atoms with van der Waals surface area (Å²) in [5.74, 6) is -0.582. The third kappa shape index (κ3) is 4.96. The molecule has 0 fully saturated rings. The quantitative estimate of drug-likeness (QED) is 0.513. The number of aliphatic hydroxyl groups is 1. The van der Waals surface area contributed by atoms with E-state index in [0.29, 0.717) is 11.5 Å². The molecule has 1 aliphatic rings. The van der Waals surface area contributed by atoms with Gasteiger partial charge in [-0.15, -0.1) is 0 Å². The molecule has 1 N–H and O–H groups in total. The van der Waals surface area contributed by atoms with Crippen LogP contribution in [0.3, 0.4) is 0 Å². The molecule has 0 aromatic heterocycles. The highest BCUT2D eigenvalue weighted by Gasteiger charge is 2.36. The first-order valence-corrected chi connectivity index (χ1v) is 10.7. The van der Waals surface area contributed by atoms with Crippen LogP contribution in [0.4, 0.5) is 0 Å². The summed E-state index contributed by atoms with van der Waals surface area (Å²) in [7, 11) is 0. The highest BCUT2D eigenvalue weighted by molar-refractivity contribution is 6.14. The Morgan fingerprint density at radius 2 is 1.39 bits per heavy atom. The lowest BCUT2D eigenvalue weighted by Crippen LogP contribution is -2.23. The molecule has 4 rings (SSSR count). The zero-order valence-corrected chi connectivity index (χ0v) is 18.2. The van der Waals surface area contributed by atoms with Crippen molar-refractivity contribution >= 4 is 11.8 Å². The van der Waals surface area contributed by atoms with Crippen LogP contribution in [0.5, 0.6) is 11.5 Å². The van der Waals surface area contributed by atoms with E-state index in [0.717, 1.165) is 17.2 Å². The van der Waals surface area contributed by atoms with Gasteiger partial charge >= 0.3 is 5.97 Å². The van der Waals surface area contributed by atoms with Crippen LogP contribution >= 0.6 is 0 Å². The highest BCUT2D eigenvalue weighted by atomic mass is 16.5. The summed E-state index contributed by atoms with van der Waals surface area (Å²) in [5, 5.41) is 11.1. The van der Waals surface area contributed by atoms with E-state index in [1.165, 1.54) is 0 Å². The largest absolute Gasteiger partial charge is 0.488 e. The fraction of sp³-hybridized carbons (Fsp3) is 0.185. The first kappa shape index (κ1) is 22.3. The second-order valence-corrected chi connectivity index (χ2v) is 7.49. The fourth-order valence-corrected chi connectivity index (χ4v) is 3.66. The van der Waals surface area contributed by atoms with Crippen molar-refractivity contribution in [3.8, 4) is 11.5 Å². The van der Waals surface area contributed by atoms with Crippen molar-refractivity contribution in [3.63, 3.8) is 0 Å². The predicted octanol–water partition coefficient (Wildman–Crippen LogP) is 4.56. The molecule has 0 heterocycles. The van der Waals surface area contributed by atoms with Gasteiger partial charge in [0.15, 0.2) is 5.78 Å². The Bertz CT molecular complexity index is 1170. The Kier molecular flexibility index (Phi) is 6.86. The summed E-state index contributed by atoms with van der Waals surface area (Å²) < 4.78 is 16.9. The van der Waals surface area contributed by atoms with Gasteiger partial charge in [0.1, 0.15) is 30.8 Å². The Hall–Kier alpha value is -3.90. The molecule has 0 radical (unpaired) electrons. The number of ether oxygens (including phenoxy) is 3. The highest BCUT2D eigenvalue weighted by Crippen LogP contribution is 2.42. The minimum absolute atomic E-state index is 0.126. The molecule has 6 heteroatoms. The monoisotopic (exact) mass is 444 g/mol. The van der Waals surface area contributed by atoms with Crippen LogP contribution in [0.2, 0.25) is 0 Å². The van der Waals surface area contributed by atoms with Crippen molar-refractivity contribution in [2.24, 2.45) is 0 Å². The van der Waals surface area contributed by atoms with Crippen molar-refractivity contribution in [1.29, 1.82) is 0 Å². The number of hydrogen-bond donors (Lipinski definition) is 1. The van der Waals surface area contributed by atoms with Gasteiger partial charge in [0.05, 0.1) is 17.7 Å². The van der Waals surface area contributed by atoms with E-state index in [4.69, 9.17) is 14.2 Å². The number of carbonyl (C=O) groups is 2. The molecule has 0 spiro atoms. The van der Waals surface area contributed by atoms with Gasteiger partial charge in [0, 0.05) is 5.56 Å². The fourth-order valence-electron chi connectivity index (χ4n) is 3.66. The van der Waals surface area contributed by atoms with Crippen LogP contribution in [-0.4, -0.2) is 23.5 Å². The average Bonchev–Trinajstić information content (AvgIpc) is 2.85. The van der Waals surface area contributed by atoms with Crippen LogP contribution < -0.4 is 9.47 Å². The summed E-state index contributed by atoms with van der Waals surface area (Å²) in [6, 6.07) is 22.4. The minimum atomic E-state index is -1.39. The van der Waals surface area contributed by atoms with Crippen LogP contribution in [0.15, 0.2) is 84.4 Å². The number of allylic oxidation sites excluding steroid dienone is 1. The van der Waals surface area contributed by atoms with Gasteiger partial charge in [-0.1, -0.05) is 60.7 Å². The topological polar surface area (TPSA) is 82.1 Å². The van der Waals surface area contributed by atoms with Crippen LogP contribution in [0.25, 0.3) is 0 Å². The minimum Gasteiger partial charge on any atom is -0.488 e. The van der Waals surface area contributed by atoms with Gasteiger partial charge in [-0.2, -0.15) is 0 Å². The normalized spacial score (nSPS) is 14.8. The molecular formula is C27H24O6. The van der Waals surface area contributed by atoms with Crippen LogP contribution in [0, 0.1) is 0 Å². The summed E-state index contributed by atoms with van der Waals surface area (Å²) in [5.41, 5.74) is 2.11. The molecule has 0 saturated carbocycles. The third-order valence-corrected chi connectivity index (χ3v) is 5.25. The zero-order chi connectivity index (χ0) is 23.2. The van der Waals surface area contributed by atoms with Crippen molar-refractivity contribution in [1.82, 2.24) is 0 Å². The molecule has 0 aliphatic heterocycles. The van der Waals surface area contributed by atoms with Gasteiger partial charge in [-0.25, -0.2) is 4.79 Å². The number of carbonyl (C=O) groups excluding carboxylic acids is 2. The number of hydrogen-bond acceptors (Lipinski definition) is 6. The molecular weight excluding hydrogens is 420 g/mol. The number of benzene rings is 3. The Labute approximate surface area is 192 Å². The van der Waals surface area contributed by atoms with Gasteiger partial charge in [-0.3, -0.25) is 4.79 Å².